The lowest BCUT2D eigenvalue weighted by molar-refractivity contribution is 0.0691. The van der Waals surface area contributed by atoms with Crippen LogP contribution in [-0.2, 0) is 6.54 Å². The number of hydrogen-bond acceptors (Lipinski definition) is 6. The van der Waals surface area contributed by atoms with E-state index in [0.29, 0.717) is 22.9 Å². The van der Waals surface area contributed by atoms with Crippen LogP contribution < -0.4 is 11.1 Å². The Morgan fingerprint density at radius 1 is 1.47 bits per heavy atom. The van der Waals surface area contributed by atoms with Crippen molar-refractivity contribution in [1.82, 2.24) is 9.97 Å². The minimum Gasteiger partial charge on any atom is -0.476 e. The Kier molecular flexibility index (Phi) is 3.71. The number of nitrogens with two attached hydrogens (primary N) is 1. The lowest BCUT2D eigenvalue weighted by Crippen LogP contribution is -2.12. The van der Waals surface area contributed by atoms with Crippen molar-refractivity contribution in [1.29, 1.82) is 0 Å². The average molecular weight is 278 g/mol. The van der Waals surface area contributed by atoms with Gasteiger partial charge in [0.1, 0.15) is 10.8 Å². The van der Waals surface area contributed by atoms with E-state index in [0.717, 1.165) is 0 Å². The molecule has 7 nitrogen and oxygen atoms in total. The second-order valence-corrected chi connectivity index (χ2v) is 4.52. The zero-order chi connectivity index (χ0) is 13.8. The van der Waals surface area contributed by atoms with Gasteiger partial charge >= 0.3 is 5.97 Å². The maximum Gasteiger partial charge on any atom is 0.355 e. The Labute approximate surface area is 112 Å². The van der Waals surface area contributed by atoms with Crippen LogP contribution in [0, 0.1) is 0 Å². The SMILES string of the molecule is NC(=O)c1ccnc(NCc2nc(C(=O)O)cs2)c1. The van der Waals surface area contributed by atoms with Crippen molar-refractivity contribution in [3.8, 4) is 0 Å². The number of hydrogen-bond donors (Lipinski definition) is 3. The molecular weight excluding hydrogens is 268 g/mol. The number of aromatic carboxylic acids is 1. The number of thiazole rings is 1. The molecule has 0 aliphatic carbocycles. The molecule has 0 aliphatic heterocycles. The van der Waals surface area contributed by atoms with Crippen LogP contribution in [-0.4, -0.2) is 27.0 Å². The fourth-order valence-corrected chi connectivity index (χ4v) is 2.04. The van der Waals surface area contributed by atoms with Crippen LogP contribution in [0.3, 0.4) is 0 Å². The summed E-state index contributed by atoms with van der Waals surface area (Å²) < 4.78 is 0. The fourth-order valence-electron chi connectivity index (χ4n) is 1.34. The summed E-state index contributed by atoms with van der Waals surface area (Å²) in [5.74, 6) is -1.12. The highest BCUT2D eigenvalue weighted by Gasteiger charge is 2.08. The Morgan fingerprint density at radius 3 is 2.89 bits per heavy atom. The predicted octanol–water partition coefficient (Wildman–Crippen LogP) is 0.947. The number of nitrogens with one attached hydrogen (secondary N) is 1. The van der Waals surface area contributed by atoms with Crippen LogP contribution in [0.1, 0.15) is 25.9 Å². The van der Waals surface area contributed by atoms with E-state index >= 15 is 0 Å². The third-order valence-electron chi connectivity index (χ3n) is 2.24. The van der Waals surface area contributed by atoms with Crippen LogP contribution in [0.2, 0.25) is 0 Å². The van der Waals surface area contributed by atoms with Crippen LogP contribution in [0.5, 0.6) is 0 Å². The summed E-state index contributed by atoms with van der Waals surface area (Å²) in [5.41, 5.74) is 5.52. The molecule has 8 heteroatoms. The van der Waals surface area contributed by atoms with Gasteiger partial charge in [0, 0.05) is 17.1 Å². The Balaban J connectivity index is 2.03. The Bertz CT molecular complexity index is 626. The number of carboxylic acids is 1. The summed E-state index contributed by atoms with van der Waals surface area (Å²) >= 11 is 1.23. The topological polar surface area (TPSA) is 118 Å². The van der Waals surface area contributed by atoms with Crippen molar-refractivity contribution in [2.45, 2.75) is 6.54 Å². The molecule has 0 unspecified atom stereocenters. The highest BCUT2D eigenvalue weighted by Crippen LogP contribution is 2.12. The minimum atomic E-state index is -1.06. The zero-order valence-corrected chi connectivity index (χ0v) is 10.5. The van der Waals surface area contributed by atoms with E-state index in [9.17, 15) is 9.59 Å². The maximum atomic E-state index is 11.0. The van der Waals surface area contributed by atoms with Gasteiger partial charge in [0.05, 0.1) is 6.54 Å². The number of amides is 1. The number of pyridine rings is 1. The molecule has 0 spiro atoms. The van der Waals surface area contributed by atoms with E-state index in [2.05, 4.69) is 15.3 Å². The number of carbonyl (C=O) groups is 2. The predicted molar refractivity (Wildman–Crippen MR) is 69.2 cm³/mol. The molecule has 0 aliphatic rings. The summed E-state index contributed by atoms with van der Waals surface area (Å²) in [6.45, 7) is 0.327. The van der Waals surface area contributed by atoms with Crippen LogP contribution >= 0.6 is 11.3 Å². The van der Waals surface area contributed by atoms with Gasteiger partial charge in [-0.15, -0.1) is 11.3 Å². The summed E-state index contributed by atoms with van der Waals surface area (Å²) in [6, 6.07) is 3.04. The number of carbonyl (C=O) groups excluding carboxylic acids is 1. The Hall–Kier alpha value is -2.48. The van der Waals surface area contributed by atoms with Gasteiger partial charge in [0.25, 0.3) is 0 Å². The molecule has 0 atom stereocenters. The molecule has 0 saturated heterocycles. The third-order valence-corrected chi connectivity index (χ3v) is 3.08. The molecule has 0 aromatic carbocycles. The second-order valence-electron chi connectivity index (χ2n) is 3.58. The van der Waals surface area contributed by atoms with Gasteiger partial charge in [-0.2, -0.15) is 0 Å². The van der Waals surface area contributed by atoms with E-state index in [1.54, 1.807) is 0 Å². The molecule has 2 aromatic rings. The van der Waals surface area contributed by atoms with E-state index in [4.69, 9.17) is 10.8 Å². The molecule has 0 bridgehead atoms. The van der Waals surface area contributed by atoms with Crippen molar-refractivity contribution < 1.29 is 14.7 Å². The summed E-state index contributed by atoms with van der Waals surface area (Å²) in [4.78, 5) is 29.6. The molecule has 0 saturated carbocycles. The molecule has 1 amide bonds. The Morgan fingerprint density at radius 2 is 2.26 bits per heavy atom. The molecule has 4 N–H and O–H groups in total. The normalized spacial score (nSPS) is 10.1. The minimum absolute atomic E-state index is 0.0145. The molecule has 19 heavy (non-hydrogen) atoms. The van der Waals surface area contributed by atoms with Gasteiger partial charge in [0.15, 0.2) is 5.69 Å². The monoisotopic (exact) mass is 278 g/mol. The fraction of sp³-hybridized carbons (Fsp3) is 0.0909. The van der Waals surface area contributed by atoms with Gasteiger partial charge in [-0.25, -0.2) is 14.8 Å². The lowest BCUT2D eigenvalue weighted by Gasteiger charge is -2.03. The smallest absolute Gasteiger partial charge is 0.355 e. The number of aromatic nitrogens is 2. The quantitative estimate of drug-likeness (QED) is 0.749. The van der Waals surface area contributed by atoms with E-state index in [-0.39, 0.29) is 5.69 Å². The largest absolute Gasteiger partial charge is 0.476 e. The molecule has 0 radical (unpaired) electrons. The van der Waals surface area contributed by atoms with Crippen LogP contribution in [0.25, 0.3) is 0 Å². The van der Waals surface area contributed by atoms with Gasteiger partial charge in [-0.3, -0.25) is 4.79 Å². The van der Waals surface area contributed by atoms with Gasteiger partial charge < -0.3 is 16.2 Å². The molecule has 2 aromatic heterocycles. The second kappa shape index (κ2) is 5.44. The highest BCUT2D eigenvalue weighted by molar-refractivity contribution is 7.09. The van der Waals surface area contributed by atoms with Gasteiger partial charge in [0.2, 0.25) is 5.91 Å². The standard InChI is InChI=1S/C11H10N4O3S/c12-10(16)6-1-2-13-8(3-6)14-4-9-15-7(5-19-9)11(17)18/h1-3,5H,4H2,(H2,12,16)(H,13,14)(H,17,18). The summed E-state index contributed by atoms with van der Waals surface area (Å²) in [6.07, 6.45) is 1.47. The molecule has 2 rings (SSSR count). The third kappa shape index (κ3) is 3.26. The summed E-state index contributed by atoms with van der Waals surface area (Å²) in [7, 11) is 0. The first kappa shape index (κ1) is 13.0. The highest BCUT2D eigenvalue weighted by atomic mass is 32.1. The van der Waals surface area contributed by atoms with Crippen LogP contribution in [0.15, 0.2) is 23.7 Å². The van der Waals surface area contributed by atoms with E-state index in [1.165, 1.54) is 35.0 Å². The van der Waals surface area contributed by atoms with Gasteiger partial charge in [-0.05, 0) is 12.1 Å². The van der Waals surface area contributed by atoms with Gasteiger partial charge in [-0.1, -0.05) is 0 Å². The maximum absolute atomic E-state index is 11.0. The van der Waals surface area contributed by atoms with E-state index in [1.807, 2.05) is 0 Å². The van der Waals surface area contributed by atoms with Crippen molar-refractivity contribution in [3.63, 3.8) is 0 Å². The first-order valence-corrected chi connectivity index (χ1v) is 6.11. The van der Waals surface area contributed by atoms with Crippen molar-refractivity contribution >= 4 is 29.0 Å². The zero-order valence-electron chi connectivity index (χ0n) is 9.66. The number of nitrogens with zero attached hydrogens (tertiary/aromatic N) is 2. The first-order chi connectivity index (χ1) is 9.06. The first-order valence-electron chi connectivity index (χ1n) is 5.23. The molecule has 0 fully saturated rings. The molecule has 98 valence electrons. The number of anilines is 1. The van der Waals surface area contributed by atoms with Crippen molar-refractivity contribution in [2.24, 2.45) is 5.73 Å². The number of rotatable bonds is 5. The summed E-state index contributed by atoms with van der Waals surface area (Å²) in [5, 5.41) is 13.8. The molecule has 2 heterocycles. The lowest BCUT2D eigenvalue weighted by atomic mass is 10.2. The number of primary amides is 1. The molecular formula is C11H10N4O3S. The van der Waals surface area contributed by atoms with Crippen molar-refractivity contribution in [3.05, 3.63) is 40.0 Å². The van der Waals surface area contributed by atoms with Crippen molar-refractivity contribution in [2.75, 3.05) is 5.32 Å². The average Bonchev–Trinajstić information content (AvgIpc) is 2.85. The number of carboxylic acid groups (broad SMARTS) is 1. The van der Waals surface area contributed by atoms with E-state index < -0.39 is 11.9 Å². The van der Waals surface area contributed by atoms with Crippen LogP contribution in [0.4, 0.5) is 5.82 Å².